The van der Waals surface area contributed by atoms with E-state index in [9.17, 15) is 0 Å². The van der Waals surface area contributed by atoms with E-state index < -0.39 is 0 Å². The summed E-state index contributed by atoms with van der Waals surface area (Å²) in [5, 5.41) is 7.97. The van der Waals surface area contributed by atoms with E-state index in [1.54, 1.807) is 0 Å². The topological polar surface area (TPSA) is 18.5 Å². The van der Waals surface area contributed by atoms with Gasteiger partial charge in [-0.2, -0.15) is 0 Å². The molecule has 0 N–H and O–H groups in total. The molecule has 3 aliphatic carbocycles. The van der Waals surface area contributed by atoms with Gasteiger partial charge in [0.15, 0.2) is 0 Å². The van der Waals surface area contributed by atoms with Gasteiger partial charge in [-0.05, 0) is 187 Å². The summed E-state index contributed by atoms with van der Waals surface area (Å²) in [6.45, 7) is 18.5. The van der Waals surface area contributed by atoms with Crippen molar-refractivity contribution in [2.75, 3.05) is 0 Å². The maximum absolute atomic E-state index is 6.73. The molecule has 0 aliphatic heterocycles. The lowest BCUT2D eigenvalue weighted by Gasteiger charge is -2.39. The Morgan fingerprint density at radius 3 is 1.69 bits per heavy atom. The molecule has 320 valence electrons. The largest absolute Gasteiger partial charge is 0.368 e. The van der Waals surface area contributed by atoms with Gasteiger partial charge in [0.05, 0.1) is 23.4 Å². The fraction of sp³-hybridized carbons (Fsp3) is 0.458. The Morgan fingerprint density at radius 2 is 1.08 bits per heavy atom. The molecule has 0 saturated heterocycles. The van der Waals surface area contributed by atoms with Gasteiger partial charge in [0.2, 0.25) is 0 Å². The first-order valence-electron chi connectivity index (χ1n) is 24.0. The lowest BCUT2D eigenvalue weighted by molar-refractivity contribution is -0.0954. The van der Waals surface area contributed by atoms with E-state index in [-0.39, 0.29) is 11.2 Å². The minimum Gasteiger partial charge on any atom is -0.368 e. The van der Waals surface area contributed by atoms with Crippen LogP contribution in [0.4, 0.5) is 0 Å². The van der Waals surface area contributed by atoms with Crippen LogP contribution in [0.25, 0.3) is 49.5 Å². The zero-order valence-electron chi connectivity index (χ0n) is 38.6. The van der Waals surface area contributed by atoms with E-state index in [2.05, 4.69) is 177 Å². The van der Waals surface area contributed by atoms with Crippen molar-refractivity contribution >= 4 is 38.4 Å². The molecule has 2 heteroatoms. The predicted molar refractivity (Wildman–Crippen MR) is 262 cm³/mol. The van der Waals surface area contributed by atoms with Gasteiger partial charge in [0.25, 0.3) is 0 Å². The highest BCUT2D eigenvalue weighted by Gasteiger charge is 2.34. The third kappa shape index (κ3) is 9.72. The first-order chi connectivity index (χ1) is 29.4. The summed E-state index contributed by atoms with van der Waals surface area (Å²) in [5.74, 6) is 3.48. The van der Waals surface area contributed by atoms with Crippen LogP contribution < -0.4 is 0 Å². The van der Waals surface area contributed by atoms with Crippen LogP contribution in [-0.4, -0.2) is 17.8 Å². The van der Waals surface area contributed by atoms with Gasteiger partial charge in [-0.3, -0.25) is 0 Å². The van der Waals surface area contributed by atoms with Crippen molar-refractivity contribution in [3.8, 4) is 11.1 Å². The average molecular weight is 813 g/mol. The van der Waals surface area contributed by atoms with Crippen molar-refractivity contribution in [2.24, 2.45) is 23.7 Å². The van der Waals surface area contributed by atoms with Gasteiger partial charge in [-0.1, -0.05) is 150 Å². The Morgan fingerprint density at radius 1 is 0.525 bits per heavy atom. The number of hydrogen-bond acceptors (Lipinski definition) is 2. The standard InChI is InChI=1S/C33H38O.C26H34O/c1-5-23(2)24-13-17-30(18-14-24)34-33(3,4)29-16-20-32-28(22-29)12-11-27-21-26(15-19-31(27)32)25-9-7-6-8-10-25;1-5-18(2)19-12-14-24(15-13-19)27-26(3,4)23-16-21-10-6-8-20-9-7-11-22(17-23)25(20)21/h6-12,15-16,19-24,30H,5,13-14,17-18H2,1-4H3;6-11,16,18-19,24H,5,12-15,17H2,1-4H3. The summed E-state index contributed by atoms with van der Waals surface area (Å²) < 4.78 is 13.5. The van der Waals surface area contributed by atoms with Gasteiger partial charge in [-0.25, -0.2) is 0 Å². The minimum atomic E-state index is -0.284. The molecule has 6 aromatic rings. The predicted octanol–water partition coefficient (Wildman–Crippen LogP) is 16.7. The van der Waals surface area contributed by atoms with Crippen LogP contribution in [0.1, 0.15) is 136 Å². The second-order valence-electron chi connectivity index (χ2n) is 20.1. The first-order valence-corrected chi connectivity index (χ1v) is 24.0. The van der Waals surface area contributed by atoms with E-state index in [4.69, 9.17) is 9.47 Å². The van der Waals surface area contributed by atoms with Gasteiger partial charge in [-0.15, -0.1) is 0 Å². The maximum Gasteiger partial charge on any atom is 0.0879 e. The summed E-state index contributed by atoms with van der Waals surface area (Å²) in [7, 11) is 0. The third-order valence-electron chi connectivity index (χ3n) is 15.4. The Balaban J connectivity index is 0.000000173. The van der Waals surface area contributed by atoms with Crippen molar-refractivity contribution in [2.45, 2.75) is 149 Å². The van der Waals surface area contributed by atoms with Crippen LogP contribution in [0.2, 0.25) is 0 Å². The quantitative estimate of drug-likeness (QED) is 0.121. The molecule has 2 fully saturated rings. The summed E-state index contributed by atoms with van der Waals surface area (Å²) in [6.07, 6.45) is 16.9. The summed E-state index contributed by atoms with van der Waals surface area (Å²) in [4.78, 5) is 0. The van der Waals surface area contributed by atoms with Crippen LogP contribution in [0.5, 0.6) is 0 Å². The SMILES string of the molecule is CCC(C)C1CCC(OC(C)(C)C2=Cc3cccc4cccc(c34)C2)CC1.CCC(C)C1CCC(OC(C)(C)c2ccc3c(ccc4cc(-c5ccccc5)ccc43)c2)CC1. The van der Waals surface area contributed by atoms with Crippen molar-refractivity contribution in [3.63, 3.8) is 0 Å². The van der Waals surface area contributed by atoms with Gasteiger partial charge < -0.3 is 9.47 Å². The molecule has 0 spiro atoms. The van der Waals surface area contributed by atoms with Crippen molar-refractivity contribution < 1.29 is 9.47 Å². The molecule has 61 heavy (non-hydrogen) atoms. The van der Waals surface area contributed by atoms with Crippen LogP contribution in [0.3, 0.4) is 0 Å². The van der Waals surface area contributed by atoms with Crippen LogP contribution in [0, 0.1) is 23.7 Å². The molecule has 2 nitrogen and oxygen atoms in total. The lowest BCUT2D eigenvalue weighted by Crippen LogP contribution is -2.36. The Kier molecular flexibility index (Phi) is 13.3. The van der Waals surface area contributed by atoms with Crippen LogP contribution in [-0.2, 0) is 21.5 Å². The Hall–Kier alpha value is -4.24. The van der Waals surface area contributed by atoms with Crippen molar-refractivity contribution in [1.82, 2.24) is 0 Å². The van der Waals surface area contributed by atoms with E-state index in [0.717, 1.165) is 30.1 Å². The zero-order chi connectivity index (χ0) is 42.7. The number of ether oxygens (including phenoxy) is 2. The first kappa shape index (κ1) is 43.4. The highest BCUT2D eigenvalue weighted by Crippen LogP contribution is 2.41. The summed E-state index contributed by atoms with van der Waals surface area (Å²) in [6, 6.07) is 42.2. The molecule has 2 unspecified atom stereocenters. The van der Waals surface area contributed by atoms with Crippen molar-refractivity contribution in [1.29, 1.82) is 0 Å². The molecular weight excluding hydrogens is 741 g/mol. The zero-order valence-corrected chi connectivity index (χ0v) is 38.6. The summed E-state index contributed by atoms with van der Waals surface area (Å²) >= 11 is 0. The molecule has 3 aliphatic rings. The highest BCUT2D eigenvalue weighted by atomic mass is 16.5. The Bertz CT molecular complexity index is 2430. The van der Waals surface area contributed by atoms with Gasteiger partial charge in [0, 0.05) is 0 Å². The molecule has 0 bridgehead atoms. The fourth-order valence-corrected chi connectivity index (χ4v) is 11.0. The third-order valence-corrected chi connectivity index (χ3v) is 15.4. The molecule has 9 rings (SSSR count). The molecule has 0 radical (unpaired) electrons. The minimum absolute atomic E-state index is 0.205. The Labute approximate surface area is 368 Å². The molecule has 0 amide bonds. The average Bonchev–Trinajstić information content (AvgIpc) is 3.29. The van der Waals surface area contributed by atoms with Gasteiger partial charge in [0.1, 0.15) is 0 Å². The van der Waals surface area contributed by atoms with Crippen molar-refractivity contribution in [3.05, 3.63) is 138 Å². The number of fused-ring (bicyclic) bond motifs is 3. The number of hydrogen-bond donors (Lipinski definition) is 0. The highest BCUT2D eigenvalue weighted by molar-refractivity contribution is 6.08. The molecular formula is C59H72O2. The second-order valence-corrected chi connectivity index (χ2v) is 20.1. The molecule has 2 saturated carbocycles. The second kappa shape index (κ2) is 18.6. The molecule has 0 aromatic heterocycles. The molecule has 0 heterocycles. The van der Waals surface area contributed by atoms with Crippen LogP contribution >= 0.6 is 0 Å². The monoisotopic (exact) mass is 813 g/mol. The fourth-order valence-electron chi connectivity index (χ4n) is 11.0. The van der Waals surface area contributed by atoms with E-state index in [0.29, 0.717) is 12.2 Å². The number of benzene rings is 6. The van der Waals surface area contributed by atoms with Gasteiger partial charge >= 0.3 is 0 Å². The van der Waals surface area contributed by atoms with Crippen LogP contribution in [0.15, 0.2) is 121 Å². The summed E-state index contributed by atoms with van der Waals surface area (Å²) in [5.41, 5.74) is 7.51. The van der Waals surface area contributed by atoms with E-state index in [1.807, 2.05) is 0 Å². The van der Waals surface area contributed by atoms with E-state index in [1.165, 1.54) is 130 Å². The van der Waals surface area contributed by atoms with E-state index >= 15 is 0 Å². The molecule has 6 aromatic carbocycles. The normalized spacial score (nSPS) is 21.7. The molecule has 2 atom stereocenters. The lowest BCUT2D eigenvalue weighted by atomic mass is 9.78. The number of rotatable bonds is 11. The maximum atomic E-state index is 6.73. The smallest absolute Gasteiger partial charge is 0.0879 e.